The Kier molecular flexibility index (Phi) is 2.02. The van der Waals surface area contributed by atoms with Crippen molar-refractivity contribution in [2.45, 2.75) is 6.61 Å². The highest BCUT2D eigenvalue weighted by Crippen LogP contribution is 2.23. The van der Waals surface area contributed by atoms with E-state index in [1.54, 1.807) is 0 Å². The summed E-state index contributed by atoms with van der Waals surface area (Å²) in [7, 11) is 0. The van der Waals surface area contributed by atoms with Crippen molar-refractivity contribution in [2.75, 3.05) is 0 Å². The predicted octanol–water partition coefficient (Wildman–Crippen LogP) is 1.91. The standard InChI is InChI=1S/C12H8FNO3/c13-6-1-2-10-8(3-6)11-9(12(16)17-10)4-7(5-15)14-11/h1-4,14-15H,5H2. The number of fused-ring (bicyclic) bond motifs is 3. The minimum Gasteiger partial charge on any atom is -0.422 e. The van der Waals surface area contributed by atoms with Crippen LogP contribution in [0.1, 0.15) is 5.69 Å². The first-order valence-electron chi connectivity index (χ1n) is 5.04. The summed E-state index contributed by atoms with van der Waals surface area (Å²) < 4.78 is 18.2. The molecular weight excluding hydrogens is 225 g/mol. The van der Waals surface area contributed by atoms with Crippen LogP contribution in [-0.4, -0.2) is 10.1 Å². The maximum Gasteiger partial charge on any atom is 0.345 e. The third-order valence-electron chi connectivity index (χ3n) is 2.68. The van der Waals surface area contributed by atoms with Crippen LogP contribution in [0.4, 0.5) is 4.39 Å². The Morgan fingerprint density at radius 3 is 2.88 bits per heavy atom. The molecule has 86 valence electrons. The average molecular weight is 233 g/mol. The summed E-state index contributed by atoms with van der Waals surface area (Å²) in [6.07, 6.45) is 0. The fraction of sp³-hybridized carbons (Fsp3) is 0.0833. The topological polar surface area (TPSA) is 66.2 Å². The van der Waals surface area contributed by atoms with Gasteiger partial charge in [0.25, 0.3) is 0 Å². The van der Waals surface area contributed by atoms with E-state index in [1.807, 2.05) is 0 Å². The minimum atomic E-state index is -0.505. The van der Waals surface area contributed by atoms with Gasteiger partial charge in [-0.05, 0) is 24.3 Å². The molecule has 2 N–H and O–H groups in total. The van der Waals surface area contributed by atoms with Gasteiger partial charge in [0.15, 0.2) is 0 Å². The van der Waals surface area contributed by atoms with Gasteiger partial charge in [0.1, 0.15) is 11.4 Å². The number of benzene rings is 1. The van der Waals surface area contributed by atoms with Gasteiger partial charge in [-0.15, -0.1) is 0 Å². The van der Waals surface area contributed by atoms with Crippen LogP contribution in [0.15, 0.2) is 33.5 Å². The molecule has 2 heterocycles. The van der Waals surface area contributed by atoms with Crippen molar-refractivity contribution < 1.29 is 13.9 Å². The average Bonchev–Trinajstić information content (AvgIpc) is 2.75. The summed E-state index contributed by atoms with van der Waals surface area (Å²) in [5.74, 6) is -0.409. The number of aliphatic hydroxyl groups is 1. The number of H-pyrrole nitrogens is 1. The molecule has 3 rings (SSSR count). The lowest BCUT2D eigenvalue weighted by atomic mass is 10.2. The first-order chi connectivity index (χ1) is 8.19. The molecule has 0 unspecified atom stereocenters. The van der Waals surface area contributed by atoms with Crippen LogP contribution in [0.3, 0.4) is 0 Å². The van der Waals surface area contributed by atoms with Crippen LogP contribution >= 0.6 is 0 Å². The third kappa shape index (κ3) is 1.43. The Labute approximate surface area is 94.3 Å². The summed E-state index contributed by atoms with van der Waals surface area (Å²) >= 11 is 0. The molecule has 3 aromatic rings. The van der Waals surface area contributed by atoms with Gasteiger partial charge in [-0.3, -0.25) is 0 Å². The molecule has 5 heteroatoms. The quantitative estimate of drug-likeness (QED) is 0.631. The lowest BCUT2D eigenvalue weighted by molar-refractivity contribution is 0.278. The van der Waals surface area contributed by atoms with E-state index in [0.29, 0.717) is 27.6 Å². The van der Waals surface area contributed by atoms with Crippen molar-refractivity contribution in [3.63, 3.8) is 0 Å². The molecule has 0 saturated carbocycles. The second-order valence-corrected chi connectivity index (χ2v) is 3.77. The summed E-state index contributed by atoms with van der Waals surface area (Å²) in [6, 6.07) is 5.43. The second-order valence-electron chi connectivity index (χ2n) is 3.77. The van der Waals surface area contributed by atoms with Gasteiger partial charge in [0.05, 0.1) is 17.5 Å². The van der Waals surface area contributed by atoms with Crippen molar-refractivity contribution in [3.8, 4) is 0 Å². The lowest BCUT2D eigenvalue weighted by Crippen LogP contribution is -1.98. The summed E-state index contributed by atoms with van der Waals surface area (Å²) in [5.41, 5.74) is 0.786. The molecule has 0 fully saturated rings. The monoisotopic (exact) mass is 233 g/mol. The minimum absolute atomic E-state index is 0.217. The van der Waals surface area contributed by atoms with E-state index in [4.69, 9.17) is 9.52 Å². The van der Waals surface area contributed by atoms with Crippen LogP contribution in [0.2, 0.25) is 0 Å². The highest BCUT2D eigenvalue weighted by Gasteiger charge is 2.11. The maximum atomic E-state index is 13.2. The van der Waals surface area contributed by atoms with Crippen LogP contribution in [-0.2, 0) is 6.61 Å². The highest BCUT2D eigenvalue weighted by atomic mass is 19.1. The fourth-order valence-corrected chi connectivity index (χ4v) is 1.91. The summed E-state index contributed by atoms with van der Waals surface area (Å²) in [5, 5.41) is 9.82. The summed E-state index contributed by atoms with van der Waals surface area (Å²) in [6.45, 7) is -0.217. The molecule has 4 nitrogen and oxygen atoms in total. The first-order valence-corrected chi connectivity index (χ1v) is 5.04. The van der Waals surface area contributed by atoms with E-state index in [1.165, 1.54) is 24.3 Å². The molecule has 0 bridgehead atoms. The molecule has 0 amide bonds. The lowest BCUT2D eigenvalue weighted by Gasteiger charge is -1.98. The van der Waals surface area contributed by atoms with E-state index < -0.39 is 11.4 Å². The maximum absolute atomic E-state index is 13.2. The van der Waals surface area contributed by atoms with Gasteiger partial charge in [-0.25, -0.2) is 9.18 Å². The number of hydrogen-bond donors (Lipinski definition) is 2. The molecule has 17 heavy (non-hydrogen) atoms. The van der Waals surface area contributed by atoms with Gasteiger partial charge >= 0.3 is 5.63 Å². The van der Waals surface area contributed by atoms with Gasteiger partial charge in [-0.2, -0.15) is 0 Å². The zero-order valence-corrected chi connectivity index (χ0v) is 8.66. The largest absolute Gasteiger partial charge is 0.422 e. The number of aliphatic hydroxyl groups excluding tert-OH is 1. The van der Waals surface area contributed by atoms with Crippen molar-refractivity contribution >= 4 is 21.9 Å². The zero-order chi connectivity index (χ0) is 12.0. The SMILES string of the molecule is O=c1oc2ccc(F)cc2c2[nH]c(CO)cc12. The second kappa shape index (κ2) is 3.43. The molecule has 0 aliphatic carbocycles. The molecule has 0 radical (unpaired) electrons. The zero-order valence-electron chi connectivity index (χ0n) is 8.66. The van der Waals surface area contributed by atoms with Gasteiger partial charge in [-0.1, -0.05) is 0 Å². The van der Waals surface area contributed by atoms with Gasteiger partial charge in [0.2, 0.25) is 0 Å². The van der Waals surface area contributed by atoms with Crippen molar-refractivity contribution in [2.24, 2.45) is 0 Å². The van der Waals surface area contributed by atoms with E-state index >= 15 is 0 Å². The number of halogens is 1. The molecule has 0 saturated heterocycles. The van der Waals surface area contributed by atoms with Crippen molar-refractivity contribution in [3.05, 3.63) is 46.2 Å². The molecule has 2 aromatic heterocycles. The molecule has 0 aliphatic heterocycles. The third-order valence-corrected chi connectivity index (χ3v) is 2.68. The first kappa shape index (κ1) is 10.0. The van der Waals surface area contributed by atoms with Crippen LogP contribution < -0.4 is 5.63 Å². The Balaban J connectivity index is 2.56. The van der Waals surface area contributed by atoms with Crippen molar-refractivity contribution in [1.29, 1.82) is 0 Å². The molecule has 1 aromatic carbocycles. The Morgan fingerprint density at radius 2 is 2.12 bits per heavy atom. The highest BCUT2D eigenvalue weighted by molar-refractivity contribution is 6.02. The number of aromatic amines is 1. The number of hydrogen-bond acceptors (Lipinski definition) is 3. The molecular formula is C12H8FNO3. The Hall–Kier alpha value is -2.14. The number of rotatable bonds is 1. The smallest absolute Gasteiger partial charge is 0.345 e. The van der Waals surface area contributed by atoms with Crippen LogP contribution in [0.25, 0.3) is 21.9 Å². The Morgan fingerprint density at radius 1 is 1.29 bits per heavy atom. The summed E-state index contributed by atoms with van der Waals surface area (Å²) in [4.78, 5) is 14.5. The van der Waals surface area contributed by atoms with Crippen molar-refractivity contribution in [1.82, 2.24) is 4.98 Å². The molecule has 0 aliphatic rings. The van der Waals surface area contributed by atoms with E-state index in [-0.39, 0.29) is 6.61 Å². The van der Waals surface area contributed by atoms with Crippen LogP contribution in [0, 0.1) is 5.82 Å². The fourth-order valence-electron chi connectivity index (χ4n) is 1.91. The van der Waals surface area contributed by atoms with Gasteiger partial charge in [0, 0.05) is 11.1 Å². The number of aromatic nitrogens is 1. The van der Waals surface area contributed by atoms with E-state index in [2.05, 4.69) is 4.98 Å². The van der Waals surface area contributed by atoms with Gasteiger partial charge < -0.3 is 14.5 Å². The van der Waals surface area contributed by atoms with Crippen LogP contribution in [0.5, 0.6) is 0 Å². The molecule has 0 atom stereocenters. The normalized spacial score (nSPS) is 11.4. The van der Waals surface area contributed by atoms with E-state index in [9.17, 15) is 9.18 Å². The Bertz CT molecular complexity index is 772. The van der Waals surface area contributed by atoms with E-state index in [0.717, 1.165) is 0 Å². The molecule has 0 spiro atoms. The predicted molar refractivity (Wildman–Crippen MR) is 60.2 cm³/mol. The number of nitrogens with one attached hydrogen (secondary N) is 1.